The number of sulfonamides is 1. The van der Waals surface area contributed by atoms with E-state index >= 15 is 0 Å². The minimum absolute atomic E-state index is 0.0793. The summed E-state index contributed by atoms with van der Waals surface area (Å²) in [6.07, 6.45) is 0.347. The number of hydrogen-bond donors (Lipinski definition) is 2. The Morgan fingerprint density at radius 2 is 2.19 bits per heavy atom. The normalized spacial score (nSPS) is 22.0. The zero-order chi connectivity index (χ0) is 15.6. The molecule has 2 unspecified atom stereocenters. The third kappa shape index (κ3) is 3.52. The number of carbonyl (C=O) groups is 1. The summed E-state index contributed by atoms with van der Waals surface area (Å²) in [4.78, 5) is 12.0. The van der Waals surface area contributed by atoms with Crippen LogP contribution in [-0.4, -0.2) is 34.1 Å². The van der Waals surface area contributed by atoms with E-state index in [4.69, 9.17) is 14.6 Å². The van der Waals surface area contributed by atoms with Crippen LogP contribution < -0.4 is 15.2 Å². The highest BCUT2D eigenvalue weighted by Gasteiger charge is 2.31. The van der Waals surface area contributed by atoms with Gasteiger partial charge in [0, 0.05) is 18.4 Å². The molecule has 0 bridgehead atoms. The lowest BCUT2D eigenvalue weighted by Gasteiger charge is -2.15. The zero-order valence-corrected chi connectivity index (χ0v) is 12.6. The average Bonchev–Trinajstić information content (AvgIpc) is 2.83. The van der Waals surface area contributed by atoms with Crippen molar-refractivity contribution < 1.29 is 22.7 Å². The summed E-state index contributed by atoms with van der Waals surface area (Å²) in [7, 11) is -2.55. The molecule has 0 aromatic heterocycles. The van der Waals surface area contributed by atoms with Crippen molar-refractivity contribution in [3.8, 4) is 5.75 Å². The van der Waals surface area contributed by atoms with E-state index in [2.05, 4.69) is 5.32 Å². The molecule has 1 aliphatic heterocycles. The highest BCUT2D eigenvalue weighted by molar-refractivity contribution is 7.89. The third-order valence-electron chi connectivity index (χ3n) is 3.38. The topological polar surface area (TPSA) is 108 Å². The summed E-state index contributed by atoms with van der Waals surface area (Å²) in [5, 5.41) is 7.78. The van der Waals surface area contributed by atoms with Gasteiger partial charge in [-0.3, -0.25) is 4.79 Å². The molecule has 1 fully saturated rings. The molecule has 0 aliphatic carbocycles. The SMILES string of the molecule is COc1cc(NC(=O)C2OCCC2C)ccc1S(N)(=O)=O. The van der Waals surface area contributed by atoms with Gasteiger partial charge < -0.3 is 14.8 Å². The number of rotatable bonds is 4. The Hall–Kier alpha value is -1.64. The number of nitrogens with two attached hydrogens (primary N) is 1. The molecule has 1 amide bonds. The number of anilines is 1. The minimum atomic E-state index is -3.88. The average molecular weight is 314 g/mol. The standard InChI is InChI=1S/C13H18N2O5S/c1-8-5-6-20-12(8)13(16)15-9-3-4-11(21(14,17)18)10(7-9)19-2/h3-4,7-8,12H,5-6H2,1-2H3,(H,15,16)(H2,14,17,18). The predicted octanol–water partition coefficient (Wildman–Crippen LogP) is 0.706. The van der Waals surface area contributed by atoms with Crippen molar-refractivity contribution in [2.75, 3.05) is 19.0 Å². The van der Waals surface area contributed by atoms with Crippen molar-refractivity contribution in [3.05, 3.63) is 18.2 Å². The van der Waals surface area contributed by atoms with Crippen molar-refractivity contribution in [1.82, 2.24) is 0 Å². The number of primary sulfonamides is 1. The van der Waals surface area contributed by atoms with Gasteiger partial charge >= 0.3 is 0 Å². The van der Waals surface area contributed by atoms with Gasteiger partial charge in [-0.15, -0.1) is 0 Å². The van der Waals surface area contributed by atoms with Crippen LogP contribution in [0.25, 0.3) is 0 Å². The summed E-state index contributed by atoms with van der Waals surface area (Å²) in [6.45, 7) is 2.51. The van der Waals surface area contributed by atoms with E-state index in [1.807, 2.05) is 6.92 Å². The molecule has 0 spiro atoms. The van der Waals surface area contributed by atoms with E-state index in [-0.39, 0.29) is 22.5 Å². The number of benzene rings is 1. The molecule has 116 valence electrons. The first-order valence-electron chi connectivity index (χ1n) is 6.46. The fourth-order valence-electron chi connectivity index (χ4n) is 2.22. The summed E-state index contributed by atoms with van der Waals surface area (Å²) in [5.74, 6) is -0.0308. The van der Waals surface area contributed by atoms with Crippen molar-refractivity contribution in [2.45, 2.75) is 24.3 Å². The minimum Gasteiger partial charge on any atom is -0.495 e. The van der Waals surface area contributed by atoms with Crippen LogP contribution in [0.5, 0.6) is 5.75 Å². The van der Waals surface area contributed by atoms with Crippen molar-refractivity contribution in [3.63, 3.8) is 0 Å². The Labute approximate surface area is 123 Å². The summed E-state index contributed by atoms with van der Waals surface area (Å²) < 4.78 is 33.2. The van der Waals surface area contributed by atoms with Gasteiger partial charge in [0.1, 0.15) is 16.7 Å². The van der Waals surface area contributed by atoms with Gasteiger partial charge in [-0.1, -0.05) is 6.92 Å². The second-order valence-electron chi connectivity index (χ2n) is 4.96. The number of hydrogen-bond acceptors (Lipinski definition) is 5. The Morgan fingerprint density at radius 3 is 2.71 bits per heavy atom. The van der Waals surface area contributed by atoms with Crippen molar-refractivity contribution in [2.24, 2.45) is 11.1 Å². The molecule has 21 heavy (non-hydrogen) atoms. The van der Waals surface area contributed by atoms with E-state index in [0.717, 1.165) is 6.42 Å². The third-order valence-corrected chi connectivity index (χ3v) is 4.33. The maximum atomic E-state index is 12.1. The molecular formula is C13H18N2O5S. The molecule has 8 heteroatoms. The largest absolute Gasteiger partial charge is 0.495 e. The Morgan fingerprint density at radius 1 is 1.48 bits per heavy atom. The smallest absolute Gasteiger partial charge is 0.253 e. The van der Waals surface area contributed by atoms with Gasteiger partial charge in [0.05, 0.1) is 7.11 Å². The van der Waals surface area contributed by atoms with Crippen LogP contribution in [-0.2, 0) is 19.6 Å². The molecule has 0 saturated carbocycles. The van der Waals surface area contributed by atoms with Crippen LogP contribution >= 0.6 is 0 Å². The molecule has 1 saturated heterocycles. The number of methoxy groups -OCH3 is 1. The maximum Gasteiger partial charge on any atom is 0.253 e. The van der Waals surface area contributed by atoms with Crippen LogP contribution in [0.4, 0.5) is 5.69 Å². The van der Waals surface area contributed by atoms with E-state index in [1.54, 1.807) is 0 Å². The highest BCUT2D eigenvalue weighted by Crippen LogP contribution is 2.27. The molecule has 3 N–H and O–H groups in total. The monoisotopic (exact) mass is 314 g/mol. The molecule has 1 aliphatic rings. The lowest BCUT2D eigenvalue weighted by molar-refractivity contribution is -0.126. The van der Waals surface area contributed by atoms with Crippen molar-refractivity contribution in [1.29, 1.82) is 0 Å². The summed E-state index contributed by atoms with van der Waals surface area (Å²) >= 11 is 0. The number of amides is 1. The Balaban J connectivity index is 2.20. The van der Waals surface area contributed by atoms with Crippen LogP contribution in [0.1, 0.15) is 13.3 Å². The molecule has 1 aromatic carbocycles. The van der Waals surface area contributed by atoms with Gasteiger partial charge in [0.25, 0.3) is 5.91 Å². The van der Waals surface area contributed by atoms with E-state index in [1.165, 1.54) is 25.3 Å². The molecule has 1 aromatic rings. The summed E-state index contributed by atoms with van der Waals surface area (Å²) in [6, 6.07) is 4.17. The zero-order valence-electron chi connectivity index (χ0n) is 11.8. The van der Waals surface area contributed by atoms with E-state index in [0.29, 0.717) is 12.3 Å². The predicted molar refractivity (Wildman–Crippen MR) is 76.5 cm³/mol. The van der Waals surface area contributed by atoms with Crippen molar-refractivity contribution >= 4 is 21.6 Å². The van der Waals surface area contributed by atoms with Crippen LogP contribution in [0, 0.1) is 5.92 Å². The lowest BCUT2D eigenvalue weighted by Crippen LogP contribution is -2.31. The van der Waals surface area contributed by atoms with Crippen LogP contribution in [0.2, 0.25) is 0 Å². The fraction of sp³-hybridized carbons (Fsp3) is 0.462. The van der Waals surface area contributed by atoms with Crippen LogP contribution in [0.15, 0.2) is 23.1 Å². The van der Waals surface area contributed by atoms with Gasteiger partial charge in [-0.2, -0.15) is 0 Å². The Kier molecular flexibility index (Phi) is 4.50. The quantitative estimate of drug-likeness (QED) is 0.851. The second kappa shape index (κ2) is 6.00. The highest BCUT2D eigenvalue weighted by atomic mass is 32.2. The molecule has 2 atom stereocenters. The first-order valence-corrected chi connectivity index (χ1v) is 8.01. The lowest BCUT2D eigenvalue weighted by atomic mass is 10.0. The van der Waals surface area contributed by atoms with E-state index < -0.39 is 16.1 Å². The van der Waals surface area contributed by atoms with E-state index in [9.17, 15) is 13.2 Å². The summed E-state index contributed by atoms with van der Waals surface area (Å²) in [5.41, 5.74) is 0.423. The number of carbonyl (C=O) groups excluding carboxylic acids is 1. The van der Waals surface area contributed by atoms with Gasteiger partial charge in [0.2, 0.25) is 10.0 Å². The second-order valence-corrected chi connectivity index (χ2v) is 6.49. The molecule has 7 nitrogen and oxygen atoms in total. The van der Waals surface area contributed by atoms with Gasteiger partial charge in [-0.25, -0.2) is 13.6 Å². The van der Waals surface area contributed by atoms with Crippen LogP contribution in [0.3, 0.4) is 0 Å². The number of nitrogens with one attached hydrogen (secondary N) is 1. The maximum absolute atomic E-state index is 12.1. The first kappa shape index (κ1) is 15.7. The fourth-order valence-corrected chi connectivity index (χ4v) is 2.90. The first-order chi connectivity index (χ1) is 9.82. The van der Waals surface area contributed by atoms with Gasteiger partial charge in [0.15, 0.2) is 0 Å². The molecule has 0 radical (unpaired) electrons. The van der Waals surface area contributed by atoms with Gasteiger partial charge in [-0.05, 0) is 24.5 Å². The molecular weight excluding hydrogens is 296 g/mol. The Bertz CT molecular complexity index is 644. The molecule has 1 heterocycles. The molecule has 2 rings (SSSR count). The number of ether oxygens (including phenoxy) is 2.